The van der Waals surface area contributed by atoms with E-state index in [-0.39, 0.29) is 5.95 Å². The molecule has 0 aliphatic rings. The van der Waals surface area contributed by atoms with Gasteiger partial charge in [-0.3, -0.25) is 0 Å². The van der Waals surface area contributed by atoms with Gasteiger partial charge in [-0.15, -0.1) is 0 Å². The summed E-state index contributed by atoms with van der Waals surface area (Å²) in [6.07, 6.45) is -9.42. The number of ether oxygens (including phenoxy) is 2. The molecule has 2 aromatic rings. The fourth-order valence-corrected chi connectivity index (χ4v) is 1.68. The number of methoxy groups -OCH3 is 1. The van der Waals surface area contributed by atoms with Gasteiger partial charge in [0.05, 0.1) is 7.11 Å². The van der Waals surface area contributed by atoms with Gasteiger partial charge in [0, 0.05) is 11.9 Å². The maximum absolute atomic E-state index is 12.8. The standard InChI is InChI=1S/C14H11F6N3O2/c1-24-9-4-2-8(3-5-9)22-12-21-6-10(14(18,19)20)11(23-12)25-7-13(15,16)17/h2-6H,7H2,1H3,(H,21,22,23). The zero-order valence-corrected chi connectivity index (χ0v) is 12.6. The molecular formula is C14H11F6N3O2. The van der Waals surface area contributed by atoms with E-state index in [2.05, 4.69) is 20.0 Å². The molecule has 0 atom stereocenters. The molecule has 0 radical (unpaired) electrons. The minimum Gasteiger partial charge on any atom is -0.497 e. The molecule has 0 bridgehead atoms. The van der Waals surface area contributed by atoms with Crippen LogP contribution in [0.1, 0.15) is 5.56 Å². The molecule has 1 heterocycles. The molecule has 25 heavy (non-hydrogen) atoms. The Morgan fingerprint density at radius 3 is 2.20 bits per heavy atom. The first kappa shape index (κ1) is 18.6. The summed E-state index contributed by atoms with van der Waals surface area (Å²) in [5, 5.41) is 2.57. The van der Waals surface area contributed by atoms with Crippen LogP contribution in [-0.4, -0.2) is 29.9 Å². The van der Waals surface area contributed by atoms with Crippen molar-refractivity contribution in [1.29, 1.82) is 0 Å². The molecule has 11 heteroatoms. The number of aromatic nitrogens is 2. The first-order chi connectivity index (χ1) is 11.6. The molecule has 0 fully saturated rings. The summed E-state index contributed by atoms with van der Waals surface area (Å²) >= 11 is 0. The molecular weight excluding hydrogens is 356 g/mol. The van der Waals surface area contributed by atoms with Gasteiger partial charge in [0.1, 0.15) is 11.3 Å². The molecule has 136 valence electrons. The average Bonchev–Trinajstić information content (AvgIpc) is 2.52. The zero-order valence-electron chi connectivity index (χ0n) is 12.6. The van der Waals surface area contributed by atoms with Crippen LogP contribution in [0.15, 0.2) is 30.5 Å². The summed E-state index contributed by atoms with van der Waals surface area (Å²) in [5.41, 5.74) is -1.11. The number of nitrogens with one attached hydrogen (secondary N) is 1. The lowest BCUT2D eigenvalue weighted by molar-refractivity contribution is -0.159. The maximum atomic E-state index is 12.8. The van der Waals surface area contributed by atoms with E-state index >= 15 is 0 Å². The Morgan fingerprint density at radius 1 is 1.04 bits per heavy atom. The predicted molar refractivity (Wildman–Crippen MR) is 74.9 cm³/mol. The summed E-state index contributed by atoms with van der Waals surface area (Å²) in [6, 6.07) is 6.17. The lowest BCUT2D eigenvalue weighted by atomic mass is 10.3. The number of anilines is 2. The summed E-state index contributed by atoms with van der Waals surface area (Å²) in [7, 11) is 1.45. The molecule has 1 aromatic heterocycles. The van der Waals surface area contributed by atoms with Crippen LogP contribution in [0.5, 0.6) is 11.6 Å². The monoisotopic (exact) mass is 367 g/mol. The normalized spacial score (nSPS) is 12.0. The highest BCUT2D eigenvalue weighted by Crippen LogP contribution is 2.36. The Morgan fingerprint density at radius 2 is 1.68 bits per heavy atom. The zero-order chi connectivity index (χ0) is 18.7. The number of nitrogens with zero attached hydrogens (tertiary/aromatic N) is 2. The van der Waals surface area contributed by atoms with Crippen LogP contribution in [0.2, 0.25) is 0 Å². The topological polar surface area (TPSA) is 56.3 Å². The van der Waals surface area contributed by atoms with Crippen molar-refractivity contribution in [3.8, 4) is 11.6 Å². The summed E-state index contributed by atoms with van der Waals surface area (Å²) in [5.74, 6) is -1.03. The largest absolute Gasteiger partial charge is 0.497 e. The van der Waals surface area contributed by atoms with Crippen molar-refractivity contribution < 1.29 is 35.8 Å². The van der Waals surface area contributed by atoms with Crippen LogP contribution < -0.4 is 14.8 Å². The van der Waals surface area contributed by atoms with Gasteiger partial charge in [-0.25, -0.2) is 4.98 Å². The second-order valence-corrected chi connectivity index (χ2v) is 4.67. The first-order valence-corrected chi connectivity index (χ1v) is 6.63. The number of hydrogen-bond donors (Lipinski definition) is 1. The number of benzene rings is 1. The Bertz CT molecular complexity index is 716. The smallest absolute Gasteiger partial charge is 0.423 e. The summed E-state index contributed by atoms with van der Waals surface area (Å²) in [4.78, 5) is 6.84. The van der Waals surface area contributed by atoms with Crippen LogP contribution in [0, 0.1) is 0 Å². The van der Waals surface area contributed by atoms with Crippen molar-refractivity contribution in [2.24, 2.45) is 0 Å². The fraction of sp³-hybridized carbons (Fsp3) is 0.286. The van der Waals surface area contributed by atoms with E-state index in [0.29, 0.717) is 17.6 Å². The summed E-state index contributed by atoms with van der Waals surface area (Å²) < 4.78 is 84.3. The number of alkyl halides is 6. The SMILES string of the molecule is COc1ccc(Nc2ncc(C(F)(F)F)c(OCC(F)(F)F)n2)cc1. The molecule has 5 nitrogen and oxygen atoms in total. The van der Waals surface area contributed by atoms with Crippen LogP contribution >= 0.6 is 0 Å². The third-order valence-corrected chi connectivity index (χ3v) is 2.78. The Labute approximate surface area is 137 Å². The van der Waals surface area contributed by atoms with Crippen molar-refractivity contribution in [2.45, 2.75) is 12.4 Å². The predicted octanol–water partition coefficient (Wildman–Crippen LogP) is 4.19. The van der Waals surface area contributed by atoms with Gasteiger partial charge >= 0.3 is 12.4 Å². The van der Waals surface area contributed by atoms with E-state index < -0.39 is 30.4 Å². The Hall–Kier alpha value is -2.72. The number of hydrogen-bond acceptors (Lipinski definition) is 5. The van der Waals surface area contributed by atoms with Gasteiger partial charge in [-0.1, -0.05) is 0 Å². The van der Waals surface area contributed by atoms with Gasteiger partial charge in [-0.05, 0) is 24.3 Å². The van der Waals surface area contributed by atoms with E-state index in [1.165, 1.54) is 19.2 Å². The van der Waals surface area contributed by atoms with Crippen molar-refractivity contribution in [1.82, 2.24) is 9.97 Å². The van der Waals surface area contributed by atoms with E-state index in [4.69, 9.17) is 4.74 Å². The molecule has 0 saturated carbocycles. The van der Waals surface area contributed by atoms with Gasteiger partial charge in [0.15, 0.2) is 6.61 Å². The highest BCUT2D eigenvalue weighted by molar-refractivity contribution is 5.55. The molecule has 1 aromatic carbocycles. The molecule has 2 rings (SSSR count). The van der Waals surface area contributed by atoms with Crippen LogP contribution in [0.4, 0.5) is 38.0 Å². The Kier molecular flexibility index (Phi) is 5.24. The maximum Gasteiger partial charge on any atom is 0.423 e. The highest BCUT2D eigenvalue weighted by atomic mass is 19.4. The third kappa shape index (κ3) is 5.40. The van der Waals surface area contributed by atoms with E-state index in [0.717, 1.165) is 0 Å². The molecule has 0 spiro atoms. The number of halogens is 6. The second-order valence-electron chi connectivity index (χ2n) is 4.67. The Balaban J connectivity index is 2.26. The quantitative estimate of drug-likeness (QED) is 0.804. The van der Waals surface area contributed by atoms with E-state index in [9.17, 15) is 26.3 Å². The van der Waals surface area contributed by atoms with Gasteiger partial charge < -0.3 is 14.8 Å². The molecule has 0 saturated heterocycles. The van der Waals surface area contributed by atoms with Crippen molar-refractivity contribution in [3.05, 3.63) is 36.0 Å². The van der Waals surface area contributed by atoms with Crippen molar-refractivity contribution >= 4 is 11.6 Å². The van der Waals surface area contributed by atoms with Crippen molar-refractivity contribution in [2.75, 3.05) is 19.0 Å². The van der Waals surface area contributed by atoms with Gasteiger partial charge in [-0.2, -0.15) is 31.3 Å². The molecule has 0 aliphatic heterocycles. The minimum absolute atomic E-state index is 0.352. The molecule has 0 unspecified atom stereocenters. The van der Waals surface area contributed by atoms with E-state index in [1.54, 1.807) is 12.1 Å². The first-order valence-electron chi connectivity index (χ1n) is 6.63. The highest BCUT2D eigenvalue weighted by Gasteiger charge is 2.38. The molecule has 1 N–H and O–H groups in total. The minimum atomic E-state index is -4.96. The van der Waals surface area contributed by atoms with Crippen LogP contribution in [-0.2, 0) is 6.18 Å². The summed E-state index contributed by atoms with van der Waals surface area (Å²) in [6.45, 7) is -1.91. The lowest BCUT2D eigenvalue weighted by Gasteiger charge is -2.15. The third-order valence-electron chi connectivity index (χ3n) is 2.78. The van der Waals surface area contributed by atoms with Gasteiger partial charge in [0.25, 0.3) is 0 Å². The molecule has 0 amide bonds. The molecule has 0 aliphatic carbocycles. The van der Waals surface area contributed by atoms with Crippen LogP contribution in [0.3, 0.4) is 0 Å². The second kappa shape index (κ2) is 7.03. The van der Waals surface area contributed by atoms with E-state index in [1.807, 2.05) is 0 Å². The van der Waals surface area contributed by atoms with Crippen molar-refractivity contribution in [3.63, 3.8) is 0 Å². The fourth-order valence-electron chi connectivity index (χ4n) is 1.68. The average molecular weight is 367 g/mol. The van der Waals surface area contributed by atoms with Gasteiger partial charge in [0.2, 0.25) is 11.8 Å². The lowest BCUT2D eigenvalue weighted by Crippen LogP contribution is -2.22. The number of rotatable bonds is 5. The van der Waals surface area contributed by atoms with Crippen LogP contribution in [0.25, 0.3) is 0 Å².